The number of benzene rings is 1. The summed E-state index contributed by atoms with van der Waals surface area (Å²) in [5, 5.41) is 0. The number of pyridine rings is 2. The second-order valence-electron chi connectivity index (χ2n) is 8.13. The average molecular weight is 453 g/mol. The molecule has 0 spiro atoms. The van der Waals surface area contributed by atoms with Crippen LogP contribution in [0.3, 0.4) is 0 Å². The zero-order chi connectivity index (χ0) is 23.9. The first-order valence-electron chi connectivity index (χ1n) is 10.3. The first kappa shape index (κ1) is 21.3. The van der Waals surface area contributed by atoms with E-state index in [1.165, 1.54) is 18.5 Å². The van der Waals surface area contributed by atoms with Gasteiger partial charge >= 0.3 is 5.82 Å². The summed E-state index contributed by atoms with van der Waals surface area (Å²) in [7, 11) is 0. The molecule has 5 rings (SSSR count). The molecule has 5 aromatic rings. The zero-order valence-electron chi connectivity index (χ0n) is 18.2. The highest BCUT2D eigenvalue weighted by Gasteiger charge is 2.27. The maximum Gasteiger partial charge on any atom is 0.300 e. The molecular weight excluding hydrogens is 436 g/mol. The monoisotopic (exact) mass is 453 g/mol. The van der Waals surface area contributed by atoms with Gasteiger partial charge in [0.05, 0.1) is 17.1 Å². The van der Waals surface area contributed by atoms with Crippen molar-refractivity contribution in [2.45, 2.75) is 19.3 Å². The zero-order valence-corrected chi connectivity index (χ0v) is 18.2. The predicted octanol–water partition coefficient (Wildman–Crippen LogP) is 5.43. The molecule has 4 aromatic heterocycles. The highest BCUT2D eigenvalue weighted by atomic mass is 19.1. The molecule has 0 N–H and O–H groups in total. The molecule has 0 radical (unpaired) electrons. The molecule has 0 saturated heterocycles. The van der Waals surface area contributed by atoms with Crippen molar-refractivity contribution < 1.29 is 8.78 Å². The van der Waals surface area contributed by atoms with Crippen LogP contribution in [0.15, 0.2) is 67.3 Å². The van der Waals surface area contributed by atoms with Gasteiger partial charge in [0, 0.05) is 17.0 Å². The van der Waals surface area contributed by atoms with Crippen molar-refractivity contribution in [3.63, 3.8) is 0 Å². The van der Waals surface area contributed by atoms with E-state index in [9.17, 15) is 8.78 Å². The summed E-state index contributed by atoms with van der Waals surface area (Å²) < 4.78 is 29.4. The Bertz CT molecular complexity index is 1580. The minimum atomic E-state index is -0.671. The lowest BCUT2D eigenvalue weighted by atomic mass is 9.84. The minimum absolute atomic E-state index is 0.175. The van der Waals surface area contributed by atoms with Gasteiger partial charge in [0.25, 0.3) is 0 Å². The van der Waals surface area contributed by atoms with Gasteiger partial charge < -0.3 is 4.85 Å². The topological polar surface area (TPSA) is 73.7 Å². The number of nitrogens with zero attached hydrogens (tertiary/aromatic N) is 7. The summed E-state index contributed by atoms with van der Waals surface area (Å²) in [6, 6.07) is 14.3. The molecule has 4 heterocycles. The highest BCUT2D eigenvalue weighted by Crippen LogP contribution is 2.32. The lowest BCUT2D eigenvalue weighted by Crippen LogP contribution is -2.23. The summed E-state index contributed by atoms with van der Waals surface area (Å²) in [5.41, 5.74) is 2.26. The summed E-state index contributed by atoms with van der Waals surface area (Å²) in [5.74, 6) is -0.562. The molecule has 0 atom stereocenters. The number of aromatic nitrogens is 6. The summed E-state index contributed by atoms with van der Waals surface area (Å²) in [6.45, 7) is 11.2. The van der Waals surface area contributed by atoms with Crippen LogP contribution >= 0.6 is 0 Å². The smallest absolute Gasteiger partial charge is 0.300 e. The molecule has 0 aliphatic heterocycles. The van der Waals surface area contributed by atoms with E-state index in [1.54, 1.807) is 23.0 Å². The summed E-state index contributed by atoms with van der Waals surface area (Å²) >= 11 is 0. The first-order chi connectivity index (χ1) is 16.4. The van der Waals surface area contributed by atoms with Crippen molar-refractivity contribution in [2.75, 3.05) is 0 Å². The van der Waals surface area contributed by atoms with Crippen molar-refractivity contribution >= 4 is 17.0 Å². The standard InChI is InChI=1S/C25H17F2N7/c1-25(2,19-7-4-6-18(32-19)16-11-10-15(26)12-17(16)27)20-8-5-9-21(33-20)34-14-31-22-23(28-3)29-13-30-24(22)34/h4-14H,1-2H3. The van der Waals surface area contributed by atoms with Gasteiger partial charge in [-0.25, -0.2) is 18.7 Å². The van der Waals surface area contributed by atoms with E-state index >= 15 is 0 Å². The van der Waals surface area contributed by atoms with Gasteiger partial charge in [0.1, 0.15) is 29.3 Å². The highest BCUT2D eigenvalue weighted by molar-refractivity contribution is 5.84. The fraction of sp³-hybridized carbons (Fsp3) is 0.120. The van der Waals surface area contributed by atoms with E-state index in [-0.39, 0.29) is 11.4 Å². The molecule has 34 heavy (non-hydrogen) atoms. The maximum absolute atomic E-state index is 14.3. The quantitative estimate of drug-likeness (QED) is 0.340. The van der Waals surface area contributed by atoms with Crippen LogP contribution < -0.4 is 0 Å². The molecule has 1 aromatic carbocycles. The largest absolute Gasteiger partial charge is 0.359 e. The Morgan fingerprint density at radius 2 is 1.68 bits per heavy atom. The third-order valence-corrected chi connectivity index (χ3v) is 5.64. The van der Waals surface area contributed by atoms with Crippen molar-refractivity contribution in [1.82, 2.24) is 29.5 Å². The number of rotatable bonds is 4. The van der Waals surface area contributed by atoms with Crippen molar-refractivity contribution in [2.24, 2.45) is 0 Å². The molecule has 0 saturated carbocycles. The molecular formula is C25H17F2N7. The van der Waals surface area contributed by atoms with Crippen LogP contribution in [-0.4, -0.2) is 29.5 Å². The fourth-order valence-corrected chi connectivity index (χ4v) is 3.74. The van der Waals surface area contributed by atoms with Crippen molar-refractivity contribution in [3.05, 3.63) is 102 Å². The van der Waals surface area contributed by atoms with Gasteiger partial charge in [-0.3, -0.25) is 9.55 Å². The lowest BCUT2D eigenvalue weighted by molar-refractivity contribution is 0.582. The Labute approximate surface area is 193 Å². The van der Waals surface area contributed by atoms with Crippen LogP contribution in [0.5, 0.6) is 0 Å². The van der Waals surface area contributed by atoms with E-state index in [0.29, 0.717) is 28.4 Å². The number of fused-ring (bicyclic) bond motifs is 1. The normalized spacial score (nSPS) is 11.5. The van der Waals surface area contributed by atoms with Crippen LogP contribution in [0.2, 0.25) is 0 Å². The average Bonchev–Trinajstić information content (AvgIpc) is 3.29. The number of imidazole rings is 1. The van der Waals surface area contributed by atoms with Crippen LogP contribution in [0.4, 0.5) is 14.6 Å². The molecule has 9 heteroatoms. The number of hydrogen-bond donors (Lipinski definition) is 0. The number of halogens is 2. The van der Waals surface area contributed by atoms with Crippen LogP contribution in [0.1, 0.15) is 25.2 Å². The van der Waals surface area contributed by atoms with Crippen molar-refractivity contribution in [1.29, 1.82) is 0 Å². The first-order valence-corrected chi connectivity index (χ1v) is 10.3. The molecule has 0 fully saturated rings. The van der Waals surface area contributed by atoms with Crippen LogP contribution in [0, 0.1) is 18.2 Å². The Hall–Kier alpha value is -4.58. The number of hydrogen-bond acceptors (Lipinski definition) is 5. The van der Waals surface area contributed by atoms with Gasteiger partial charge in [-0.2, -0.15) is 4.98 Å². The van der Waals surface area contributed by atoms with Gasteiger partial charge in [-0.05, 0) is 50.2 Å². The van der Waals surface area contributed by atoms with Gasteiger partial charge in [0.2, 0.25) is 6.33 Å². The van der Waals surface area contributed by atoms with Crippen molar-refractivity contribution in [3.8, 4) is 17.1 Å². The minimum Gasteiger partial charge on any atom is -0.359 e. The molecule has 0 amide bonds. The summed E-state index contributed by atoms with van der Waals surface area (Å²) in [4.78, 5) is 25.4. The maximum atomic E-state index is 14.3. The van der Waals surface area contributed by atoms with Gasteiger partial charge in [0.15, 0.2) is 5.65 Å². The Balaban J connectivity index is 1.57. The predicted molar refractivity (Wildman–Crippen MR) is 122 cm³/mol. The molecule has 0 unspecified atom stereocenters. The van der Waals surface area contributed by atoms with Crippen LogP contribution in [0.25, 0.3) is 33.1 Å². The van der Waals surface area contributed by atoms with Gasteiger partial charge in [-0.15, -0.1) is 4.98 Å². The lowest BCUT2D eigenvalue weighted by Gasteiger charge is -2.24. The van der Waals surface area contributed by atoms with E-state index < -0.39 is 17.0 Å². The Morgan fingerprint density at radius 1 is 0.912 bits per heavy atom. The van der Waals surface area contributed by atoms with E-state index in [1.807, 2.05) is 38.1 Å². The van der Waals surface area contributed by atoms with Crippen LogP contribution in [-0.2, 0) is 5.41 Å². The van der Waals surface area contributed by atoms with E-state index in [4.69, 9.17) is 11.6 Å². The van der Waals surface area contributed by atoms with E-state index in [0.717, 1.165) is 11.8 Å². The molecule has 7 nitrogen and oxygen atoms in total. The Morgan fingerprint density at radius 3 is 2.44 bits per heavy atom. The summed E-state index contributed by atoms with van der Waals surface area (Å²) in [6.07, 6.45) is 2.88. The molecule has 0 aliphatic rings. The fourth-order valence-electron chi connectivity index (χ4n) is 3.74. The Kier molecular flexibility index (Phi) is 5.06. The third kappa shape index (κ3) is 3.55. The second kappa shape index (κ2) is 8.08. The molecule has 0 bridgehead atoms. The van der Waals surface area contributed by atoms with Gasteiger partial charge in [-0.1, -0.05) is 18.7 Å². The second-order valence-corrected chi connectivity index (χ2v) is 8.13. The SMILES string of the molecule is [C-]#[N+]c1ncnc2c1ncn2-c1cccc(C(C)(C)c2cccc(-c3ccc(F)cc3F)n2)n1. The molecule has 166 valence electrons. The molecule has 0 aliphatic carbocycles. The third-order valence-electron chi connectivity index (χ3n) is 5.64. The van der Waals surface area contributed by atoms with E-state index in [2.05, 4.69) is 24.8 Å².